The number of anilines is 1. The molecule has 0 bridgehead atoms. The number of carbonyl (C=O) groups is 2. The van der Waals surface area contributed by atoms with E-state index in [9.17, 15) is 9.59 Å². The number of amides is 1. The number of fused-ring (bicyclic) bond motifs is 1. The van der Waals surface area contributed by atoms with Gasteiger partial charge in [0.05, 0.1) is 5.38 Å². The van der Waals surface area contributed by atoms with E-state index in [0.717, 1.165) is 23.2 Å². The predicted octanol–water partition coefficient (Wildman–Crippen LogP) is 2.16. The Morgan fingerprint density at radius 1 is 1.24 bits per heavy atom. The van der Waals surface area contributed by atoms with E-state index in [2.05, 4.69) is 0 Å². The van der Waals surface area contributed by atoms with Crippen LogP contribution in [0, 0.1) is 0 Å². The van der Waals surface area contributed by atoms with Crippen LogP contribution in [0.1, 0.15) is 28.8 Å². The summed E-state index contributed by atoms with van der Waals surface area (Å²) in [5, 5.41) is -0.119. The third-order valence-electron chi connectivity index (χ3n) is 3.40. The summed E-state index contributed by atoms with van der Waals surface area (Å²) in [6.45, 7) is 0.535. The summed E-state index contributed by atoms with van der Waals surface area (Å²) < 4.78 is 0. The molecule has 17 heavy (non-hydrogen) atoms. The molecule has 1 aromatic rings. The van der Waals surface area contributed by atoms with Crippen LogP contribution in [0.4, 0.5) is 5.69 Å². The molecule has 1 aromatic carbocycles. The average molecular weight is 250 g/mol. The fourth-order valence-electron chi connectivity index (χ4n) is 2.51. The minimum absolute atomic E-state index is 0.0374. The van der Waals surface area contributed by atoms with Gasteiger partial charge in [-0.15, -0.1) is 11.6 Å². The van der Waals surface area contributed by atoms with E-state index >= 15 is 0 Å². The number of carbonyl (C=O) groups excluding carboxylic acids is 2. The van der Waals surface area contributed by atoms with Crippen molar-refractivity contribution in [3.63, 3.8) is 0 Å². The maximum atomic E-state index is 11.7. The van der Waals surface area contributed by atoms with Crippen LogP contribution in [0.5, 0.6) is 0 Å². The van der Waals surface area contributed by atoms with E-state index in [1.807, 2.05) is 18.2 Å². The molecule has 1 atom stereocenters. The molecule has 0 radical (unpaired) electrons. The fourth-order valence-corrected chi connectivity index (χ4v) is 2.78. The van der Waals surface area contributed by atoms with E-state index in [0.29, 0.717) is 19.4 Å². The third kappa shape index (κ3) is 1.75. The molecule has 1 amide bonds. The van der Waals surface area contributed by atoms with Crippen molar-refractivity contribution in [1.29, 1.82) is 0 Å². The third-order valence-corrected chi connectivity index (χ3v) is 3.70. The van der Waals surface area contributed by atoms with E-state index in [4.69, 9.17) is 11.6 Å². The molecule has 4 heteroatoms. The highest BCUT2D eigenvalue weighted by Crippen LogP contribution is 2.30. The number of alkyl halides is 1. The summed E-state index contributed by atoms with van der Waals surface area (Å²) in [5.74, 6) is 0.214. The van der Waals surface area contributed by atoms with Crippen LogP contribution in [0.15, 0.2) is 18.2 Å². The highest BCUT2D eigenvalue weighted by molar-refractivity contribution is 6.24. The van der Waals surface area contributed by atoms with E-state index < -0.39 is 0 Å². The van der Waals surface area contributed by atoms with Crippen LogP contribution in [-0.4, -0.2) is 23.6 Å². The molecule has 2 aliphatic rings. The van der Waals surface area contributed by atoms with Crippen molar-refractivity contribution in [1.82, 2.24) is 0 Å². The minimum atomic E-state index is -0.119. The summed E-state index contributed by atoms with van der Waals surface area (Å²) in [5.41, 5.74) is 2.66. The van der Waals surface area contributed by atoms with Crippen LogP contribution in [0.2, 0.25) is 0 Å². The second-order valence-electron chi connectivity index (χ2n) is 4.57. The molecule has 1 saturated heterocycles. The van der Waals surface area contributed by atoms with Crippen LogP contribution >= 0.6 is 11.6 Å². The van der Waals surface area contributed by atoms with Gasteiger partial charge in [0.15, 0.2) is 5.78 Å². The Morgan fingerprint density at radius 2 is 2.06 bits per heavy atom. The number of aryl methyl sites for hydroxylation is 1. The molecular formula is C13H12ClNO2. The first-order valence-electron chi connectivity index (χ1n) is 5.76. The Kier molecular flexibility index (Phi) is 2.44. The van der Waals surface area contributed by atoms with Gasteiger partial charge in [-0.25, -0.2) is 0 Å². The zero-order valence-electron chi connectivity index (χ0n) is 9.28. The van der Waals surface area contributed by atoms with Crippen molar-refractivity contribution in [3.8, 4) is 0 Å². The van der Waals surface area contributed by atoms with Crippen LogP contribution in [-0.2, 0) is 11.2 Å². The standard InChI is InChI=1S/C13H12ClNO2/c14-9-5-13(17)15(7-9)10-3-1-8-2-4-12(16)11(8)6-10/h1,3,6,9H,2,4-5,7H2. The Balaban J connectivity index is 1.97. The van der Waals surface area contributed by atoms with Gasteiger partial charge in [0.25, 0.3) is 0 Å². The first kappa shape index (κ1) is 10.8. The first-order valence-corrected chi connectivity index (χ1v) is 6.19. The number of hydrogen-bond donors (Lipinski definition) is 0. The summed E-state index contributed by atoms with van der Waals surface area (Å²) >= 11 is 5.97. The van der Waals surface area contributed by atoms with Gasteiger partial charge in [-0.3, -0.25) is 9.59 Å². The molecule has 3 rings (SSSR count). The van der Waals surface area contributed by atoms with Crippen molar-refractivity contribution in [2.45, 2.75) is 24.6 Å². The zero-order valence-corrected chi connectivity index (χ0v) is 10.0. The van der Waals surface area contributed by atoms with Gasteiger partial charge >= 0.3 is 0 Å². The zero-order chi connectivity index (χ0) is 12.0. The maximum absolute atomic E-state index is 11.7. The number of hydrogen-bond acceptors (Lipinski definition) is 2. The monoisotopic (exact) mass is 249 g/mol. The molecule has 1 unspecified atom stereocenters. The molecular weight excluding hydrogens is 238 g/mol. The first-order chi connectivity index (χ1) is 8.15. The Morgan fingerprint density at radius 3 is 2.76 bits per heavy atom. The molecule has 3 nitrogen and oxygen atoms in total. The van der Waals surface area contributed by atoms with Gasteiger partial charge in [0, 0.05) is 30.6 Å². The largest absolute Gasteiger partial charge is 0.311 e. The predicted molar refractivity (Wildman–Crippen MR) is 65.7 cm³/mol. The quantitative estimate of drug-likeness (QED) is 0.716. The van der Waals surface area contributed by atoms with E-state index in [-0.39, 0.29) is 17.1 Å². The van der Waals surface area contributed by atoms with E-state index in [1.165, 1.54) is 0 Å². The molecule has 0 aromatic heterocycles. The van der Waals surface area contributed by atoms with Crippen molar-refractivity contribution >= 4 is 29.0 Å². The van der Waals surface area contributed by atoms with Crippen LogP contribution < -0.4 is 4.90 Å². The number of nitrogens with zero attached hydrogens (tertiary/aromatic N) is 1. The summed E-state index contributed by atoms with van der Waals surface area (Å²) in [6.07, 6.45) is 1.79. The van der Waals surface area contributed by atoms with Gasteiger partial charge in [0.1, 0.15) is 0 Å². The fraction of sp³-hybridized carbons (Fsp3) is 0.385. The second-order valence-corrected chi connectivity index (χ2v) is 5.19. The average Bonchev–Trinajstić information content (AvgIpc) is 2.83. The molecule has 0 N–H and O–H groups in total. The maximum Gasteiger partial charge on any atom is 0.228 e. The van der Waals surface area contributed by atoms with Crippen LogP contribution in [0.3, 0.4) is 0 Å². The highest BCUT2D eigenvalue weighted by atomic mass is 35.5. The van der Waals surface area contributed by atoms with Gasteiger partial charge in [-0.05, 0) is 24.1 Å². The lowest BCUT2D eigenvalue weighted by Crippen LogP contribution is -2.24. The Labute approximate surface area is 104 Å². The summed E-state index contributed by atoms with van der Waals surface area (Å²) in [6, 6.07) is 5.69. The topological polar surface area (TPSA) is 37.4 Å². The van der Waals surface area contributed by atoms with Gasteiger partial charge in [-0.2, -0.15) is 0 Å². The van der Waals surface area contributed by atoms with Crippen molar-refractivity contribution in [3.05, 3.63) is 29.3 Å². The van der Waals surface area contributed by atoms with Crippen molar-refractivity contribution in [2.24, 2.45) is 0 Å². The van der Waals surface area contributed by atoms with E-state index in [1.54, 1.807) is 4.90 Å². The van der Waals surface area contributed by atoms with Gasteiger partial charge < -0.3 is 4.90 Å². The number of ketones is 1. The number of halogens is 1. The number of rotatable bonds is 1. The normalized spacial score (nSPS) is 23.4. The Hall–Kier alpha value is -1.35. The van der Waals surface area contributed by atoms with Crippen LogP contribution in [0.25, 0.3) is 0 Å². The van der Waals surface area contributed by atoms with Gasteiger partial charge in [0.2, 0.25) is 5.91 Å². The molecule has 1 aliphatic heterocycles. The van der Waals surface area contributed by atoms with Gasteiger partial charge in [-0.1, -0.05) is 6.07 Å². The highest BCUT2D eigenvalue weighted by Gasteiger charge is 2.30. The molecule has 0 spiro atoms. The number of benzene rings is 1. The Bertz CT molecular complexity index is 512. The summed E-state index contributed by atoms with van der Waals surface area (Å²) in [7, 11) is 0. The van der Waals surface area contributed by atoms with Crippen molar-refractivity contribution in [2.75, 3.05) is 11.4 Å². The minimum Gasteiger partial charge on any atom is -0.311 e. The SMILES string of the molecule is O=C1CCc2ccc(N3CC(Cl)CC3=O)cc21. The number of Topliss-reactive ketones (excluding diaryl/α,β-unsaturated/α-hetero) is 1. The molecule has 1 heterocycles. The molecule has 88 valence electrons. The van der Waals surface area contributed by atoms with Crippen molar-refractivity contribution < 1.29 is 9.59 Å². The smallest absolute Gasteiger partial charge is 0.228 e. The molecule has 1 fully saturated rings. The molecule has 0 saturated carbocycles. The molecule has 1 aliphatic carbocycles. The lowest BCUT2D eigenvalue weighted by Gasteiger charge is -2.16. The lowest BCUT2D eigenvalue weighted by molar-refractivity contribution is -0.117. The summed E-state index contributed by atoms with van der Waals surface area (Å²) in [4.78, 5) is 25.0. The lowest BCUT2D eigenvalue weighted by atomic mass is 10.1. The second kappa shape index (κ2) is 3.84.